The molecule has 2 heterocycles. The number of pyridine rings is 1. The summed E-state index contributed by atoms with van der Waals surface area (Å²) in [6, 6.07) is 1.95. The maximum Gasteiger partial charge on any atom is 0.313 e. The number of hydrogen-bond acceptors (Lipinski definition) is 7. The van der Waals surface area contributed by atoms with E-state index in [4.69, 9.17) is 5.11 Å². The lowest BCUT2D eigenvalue weighted by atomic mass is 10.2. The molecule has 0 bridgehead atoms. The summed E-state index contributed by atoms with van der Waals surface area (Å²) in [4.78, 5) is 14.5. The molecule has 2 aromatic heterocycles. The highest BCUT2D eigenvalue weighted by Crippen LogP contribution is 2.25. The quantitative estimate of drug-likeness (QED) is 0.788. The number of aliphatic carboxylic acids is 1. The van der Waals surface area contributed by atoms with Gasteiger partial charge < -0.3 is 10.4 Å². The van der Waals surface area contributed by atoms with Crippen LogP contribution in [0.4, 0.5) is 5.13 Å². The maximum atomic E-state index is 10.4. The number of carboxylic acid groups (broad SMARTS) is 1. The van der Waals surface area contributed by atoms with Gasteiger partial charge in [0.05, 0.1) is 5.75 Å². The number of nitrogens with one attached hydrogen (secondary N) is 1. The summed E-state index contributed by atoms with van der Waals surface area (Å²) >= 11 is 2.52. The Hall–Kier alpha value is -1.67. The zero-order valence-electron chi connectivity index (χ0n) is 10.2. The van der Waals surface area contributed by atoms with Gasteiger partial charge in [-0.2, -0.15) is 0 Å². The van der Waals surface area contributed by atoms with E-state index in [9.17, 15) is 4.79 Å². The van der Waals surface area contributed by atoms with Crippen molar-refractivity contribution in [3.8, 4) is 0 Å². The molecule has 19 heavy (non-hydrogen) atoms. The average Bonchev–Trinajstić information content (AvgIpc) is 2.83. The van der Waals surface area contributed by atoms with Gasteiger partial charge in [-0.05, 0) is 24.1 Å². The number of anilines is 1. The molecule has 0 aliphatic rings. The molecule has 100 valence electrons. The molecule has 8 heteroatoms. The van der Waals surface area contributed by atoms with Crippen LogP contribution in [0.25, 0.3) is 0 Å². The SMILES string of the molecule is Cc1cnccc1CNc1nnc(SCC(=O)O)s1. The minimum atomic E-state index is -0.859. The van der Waals surface area contributed by atoms with Gasteiger partial charge in [-0.25, -0.2) is 0 Å². The third kappa shape index (κ3) is 4.18. The fraction of sp³-hybridized carbons (Fsp3) is 0.273. The Balaban J connectivity index is 1.90. The minimum Gasteiger partial charge on any atom is -0.481 e. The van der Waals surface area contributed by atoms with E-state index in [2.05, 4.69) is 20.5 Å². The molecule has 2 rings (SSSR count). The standard InChI is InChI=1S/C11H12N4O2S2/c1-7-4-12-3-2-8(7)5-13-10-14-15-11(19-10)18-6-9(16)17/h2-4H,5-6H2,1H3,(H,13,14)(H,16,17). The van der Waals surface area contributed by atoms with Crippen LogP contribution in [0.3, 0.4) is 0 Å². The lowest BCUT2D eigenvalue weighted by Gasteiger charge is -2.04. The first-order valence-corrected chi connectivity index (χ1v) is 7.27. The van der Waals surface area contributed by atoms with E-state index in [1.165, 1.54) is 23.1 Å². The van der Waals surface area contributed by atoms with E-state index in [0.29, 0.717) is 16.0 Å². The molecule has 0 amide bonds. The number of hydrogen-bond donors (Lipinski definition) is 2. The predicted molar refractivity (Wildman–Crippen MR) is 74.6 cm³/mol. The van der Waals surface area contributed by atoms with E-state index in [0.717, 1.165) is 11.1 Å². The topological polar surface area (TPSA) is 88.0 Å². The van der Waals surface area contributed by atoms with Crippen LogP contribution in [0, 0.1) is 6.92 Å². The lowest BCUT2D eigenvalue weighted by Crippen LogP contribution is -2.01. The van der Waals surface area contributed by atoms with Crippen molar-refractivity contribution in [1.29, 1.82) is 0 Å². The number of carboxylic acids is 1. The van der Waals surface area contributed by atoms with Crippen molar-refractivity contribution in [2.24, 2.45) is 0 Å². The molecule has 0 spiro atoms. The molecule has 0 fully saturated rings. The van der Waals surface area contributed by atoms with Crippen molar-refractivity contribution in [2.75, 3.05) is 11.1 Å². The zero-order valence-corrected chi connectivity index (χ0v) is 11.8. The molecule has 0 aliphatic carbocycles. The van der Waals surface area contributed by atoms with Gasteiger partial charge in [-0.3, -0.25) is 9.78 Å². The molecule has 0 saturated heterocycles. The van der Waals surface area contributed by atoms with Gasteiger partial charge in [0.15, 0.2) is 4.34 Å². The first-order valence-electron chi connectivity index (χ1n) is 5.46. The van der Waals surface area contributed by atoms with Crippen LogP contribution in [-0.2, 0) is 11.3 Å². The Morgan fingerprint density at radius 3 is 3.11 bits per heavy atom. The molecule has 6 nitrogen and oxygen atoms in total. The molecule has 0 radical (unpaired) electrons. The first-order chi connectivity index (χ1) is 9.15. The Morgan fingerprint density at radius 1 is 1.53 bits per heavy atom. The number of thioether (sulfide) groups is 1. The van der Waals surface area contributed by atoms with Crippen LogP contribution in [0.5, 0.6) is 0 Å². The highest BCUT2D eigenvalue weighted by Gasteiger charge is 2.07. The smallest absolute Gasteiger partial charge is 0.313 e. The summed E-state index contributed by atoms with van der Waals surface area (Å²) < 4.78 is 0.649. The number of aromatic nitrogens is 3. The number of nitrogens with zero attached hydrogens (tertiary/aromatic N) is 3. The second-order valence-corrected chi connectivity index (χ2v) is 5.91. The highest BCUT2D eigenvalue weighted by atomic mass is 32.2. The Bertz CT molecular complexity index is 573. The van der Waals surface area contributed by atoms with Gasteiger partial charge in [-0.1, -0.05) is 23.1 Å². The molecule has 0 atom stereocenters. The van der Waals surface area contributed by atoms with Crippen LogP contribution >= 0.6 is 23.1 Å². The summed E-state index contributed by atoms with van der Waals surface area (Å²) in [7, 11) is 0. The van der Waals surface area contributed by atoms with E-state index in [1.54, 1.807) is 6.20 Å². The predicted octanol–water partition coefficient (Wildman–Crippen LogP) is 2.03. The minimum absolute atomic E-state index is 0.00189. The van der Waals surface area contributed by atoms with Gasteiger partial charge in [-0.15, -0.1) is 10.2 Å². The van der Waals surface area contributed by atoms with Gasteiger partial charge in [0.1, 0.15) is 0 Å². The van der Waals surface area contributed by atoms with E-state index < -0.39 is 5.97 Å². The number of aryl methyl sites for hydroxylation is 1. The van der Waals surface area contributed by atoms with Gasteiger partial charge in [0, 0.05) is 18.9 Å². The molecular weight excluding hydrogens is 284 g/mol. The average molecular weight is 296 g/mol. The molecule has 2 N–H and O–H groups in total. The second kappa shape index (κ2) is 6.48. The van der Waals surface area contributed by atoms with Crippen molar-refractivity contribution >= 4 is 34.2 Å². The monoisotopic (exact) mass is 296 g/mol. The molecule has 0 aromatic carbocycles. The molecular formula is C11H12N4O2S2. The zero-order chi connectivity index (χ0) is 13.7. The van der Waals surface area contributed by atoms with Crippen LogP contribution in [0.15, 0.2) is 22.8 Å². The third-order valence-corrected chi connectivity index (χ3v) is 4.29. The second-order valence-electron chi connectivity index (χ2n) is 3.71. The molecule has 2 aromatic rings. The van der Waals surface area contributed by atoms with E-state index >= 15 is 0 Å². The fourth-order valence-electron chi connectivity index (χ4n) is 1.33. The van der Waals surface area contributed by atoms with Crippen molar-refractivity contribution in [3.05, 3.63) is 29.6 Å². The normalized spacial score (nSPS) is 10.4. The Labute approximate surface area is 118 Å². The number of carbonyl (C=O) groups is 1. The van der Waals surface area contributed by atoms with E-state index in [-0.39, 0.29) is 5.75 Å². The largest absolute Gasteiger partial charge is 0.481 e. The lowest BCUT2D eigenvalue weighted by molar-refractivity contribution is -0.133. The summed E-state index contributed by atoms with van der Waals surface area (Å²) in [5.41, 5.74) is 2.25. The van der Waals surface area contributed by atoms with E-state index in [1.807, 2.05) is 19.2 Å². The maximum absolute atomic E-state index is 10.4. The van der Waals surface area contributed by atoms with Crippen molar-refractivity contribution in [3.63, 3.8) is 0 Å². The van der Waals surface area contributed by atoms with Crippen molar-refractivity contribution < 1.29 is 9.90 Å². The van der Waals surface area contributed by atoms with Crippen LogP contribution in [0.2, 0.25) is 0 Å². The fourth-order valence-corrected chi connectivity index (χ4v) is 2.80. The van der Waals surface area contributed by atoms with Gasteiger partial charge in [0.2, 0.25) is 5.13 Å². The third-order valence-electron chi connectivity index (χ3n) is 2.29. The van der Waals surface area contributed by atoms with Crippen LogP contribution in [-0.4, -0.2) is 32.0 Å². The summed E-state index contributed by atoms with van der Waals surface area (Å²) in [6.07, 6.45) is 3.56. The summed E-state index contributed by atoms with van der Waals surface area (Å²) in [5, 5.41) is 20.3. The number of rotatable bonds is 6. The molecule has 0 saturated carbocycles. The summed E-state index contributed by atoms with van der Waals surface area (Å²) in [5.74, 6) is -0.861. The summed E-state index contributed by atoms with van der Waals surface area (Å²) in [6.45, 7) is 2.64. The van der Waals surface area contributed by atoms with Crippen molar-refractivity contribution in [2.45, 2.75) is 17.8 Å². The highest BCUT2D eigenvalue weighted by molar-refractivity contribution is 8.01. The van der Waals surface area contributed by atoms with Gasteiger partial charge >= 0.3 is 5.97 Å². The van der Waals surface area contributed by atoms with Crippen molar-refractivity contribution in [1.82, 2.24) is 15.2 Å². The molecule has 0 unspecified atom stereocenters. The van der Waals surface area contributed by atoms with Crippen LogP contribution < -0.4 is 5.32 Å². The first kappa shape index (κ1) is 13.8. The van der Waals surface area contributed by atoms with Gasteiger partial charge in [0.25, 0.3) is 0 Å². The Kier molecular flexibility index (Phi) is 4.69. The molecule has 0 aliphatic heterocycles. The van der Waals surface area contributed by atoms with Crippen LogP contribution in [0.1, 0.15) is 11.1 Å². The Morgan fingerprint density at radius 2 is 2.37 bits per heavy atom.